The highest BCUT2D eigenvalue weighted by atomic mass is 16.2. The average Bonchev–Trinajstić information content (AvgIpc) is 3.44. The fourth-order valence-electron chi connectivity index (χ4n) is 5.06. The van der Waals surface area contributed by atoms with Gasteiger partial charge in [-0.05, 0) is 42.9 Å². The van der Waals surface area contributed by atoms with Gasteiger partial charge in [-0.1, -0.05) is 26.8 Å². The van der Waals surface area contributed by atoms with Crippen molar-refractivity contribution in [1.29, 1.82) is 0 Å². The van der Waals surface area contributed by atoms with E-state index in [0.29, 0.717) is 23.9 Å². The molecule has 2 aromatic heterocycles. The van der Waals surface area contributed by atoms with Gasteiger partial charge in [0, 0.05) is 35.8 Å². The summed E-state index contributed by atoms with van der Waals surface area (Å²) in [7, 11) is 0. The number of aromatic amines is 1. The number of aromatic nitrogens is 4. The number of benzene rings is 1. The zero-order valence-electron chi connectivity index (χ0n) is 16.7. The lowest BCUT2D eigenvalue weighted by Crippen LogP contribution is -2.43. The first-order valence-corrected chi connectivity index (χ1v) is 10.2. The zero-order valence-corrected chi connectivity index (χ0v) is 16.7. The van der Waals surface area contributed by atoms with Crippen molar-refractivity contribution in [3.05, 3.63) is 36.9 Å². The Morgan fingerprint density at radius 3 is 2.86 bits per heavy atom. The molecule has 0 saturated carbocycles. The molecule has 2 aliphatic heterocycles. The van der Waals surface area contributed by atoms with Crippen molar-refractivity contribution in [3.63, 3.8) is 0 Å². The molecule has 3 atom stereocenters. The molecule has 2 fully saturated rings. The van der Waals surface area contributed by atoms with Crippen LogP contribution in [0.2, 0.25) is 0 Å². The van der Waals surface area contributed by atoms with Gasteiger partial charge >= 0.3 is 0 Å². The molecule has 1 N–H and O–H groups in total. The van der Waals surface area contributed by atoms with Crippen LogP contribution in [-0.2, 0) is 11.3 Å². The summed E-state index contributed by atoms with van der Waals surface area (Å²) in [6, 6.07) is 7.19. The first-order valence-electron chi connectivity index (χ1n) is 10.2. The SMILES string of the molecule is CC(C)(C)C(=O)N1C2CCC1C(Cn1cnc3cc(-c4cn[nH]c4)ccc31)C2. The van der Waals surface area contributed by atoms with E-state index in [1.54, 1.807) is 0 Å². The van der Waals surface area contributed by atoms with Crippen molar-refractivity contribution in [2.75, 3.05) is 0 Å². The third-order valence-electron chi connectivity index (χ3n) is 6.43. The molecule has 1 amide bonds. The molecule has 1 aromatic carbocycles. The Labute approximate surface area is 164 Å². The summed E-state index contributed by atoms with van der Waals surface area (Å²) in [6.45, 7) is 7.02. The Hall–Kier alpha value is -2.63. The second-order valence-electron chi connectivity index (χ2n) is 9.34. The molecule has 5 rings (SSSR count). The summed E-state index contributed by atoms with van der Waals surface area (Å²) in [5.74, 6) is 0.818. The number of nitrogens with zero attached hydrogens (tertiary/aromatic N) is 4. The summed E-state index contributed by atoms with van der Waals surface area (Å²) in [4.78, 5) is 19.8. The number of carbonyl (C=O) groups is 1. The van der Waals surface area contributed by atoms with Gasteiger partial charge < -0.3 is 9.47 Å². The highest BCUT2D eigenvalue weighted by molar-refractivity contribution is 5.83. The highest BCUT2D eigenvalue weighted by Crippen LogP contribution is 2.44. The molecule has 28 heavy (non-hydrogen) atoms. The fourth-order valence-corrected chi connectivity index (χ4v) is 5.06. The maximum atomic E-state index is 12.9. The Bertz CT molecular complexity index is 1010. The van der Waals surface area contributed by atoms with E-state index in [9.17, 15) is 4.79 Å². The fraction of sp³-hybridized carbons (Fsp3) is 0.500. The molecule has 2 saturated heterocycles. The number of amides is 1. The van der Waals surface area contributed by atoms with Crippen molar-refractivity contribution in [2.24, 2.45) is 11.3 Å². The monoisotopic (exact) mass is 377 g/mol. The van der Waals surface area contributed by atoms with Crippen LogP contribution in [-0.4, -0.2) is 42.6 Å². The van der Waals surface area contributed by atoms with Gasteiger partial charge in [-0.25, -0.2) is 4.98 Å². The molecule has 4 heterocycles. The van der Waals surface area contributed by atoms with Crippen molar-refractivity contribution in [3.8, 4) is 11.1 Å². The number of hydrogen-bond donors (Lipinski definition) is 1. The lowest BCUT2D eigenvalue weighted by Gasteiger charge is -2.30. The number of fused-ring (bicyclic) bond motifs is 3. The van der Waals surface area contributed by atoms with Gasteiger partial charge in [0.05, 0.1) is 23.6 Å². The Morgan fingerprint density at radius 2 is 2.11 bits per heavy atom. The normalized spacial score (nSPS) is 24.4. The van der Waals surface area contributed by atoms with E-state index in [1.165, 1.54) is 0 Å². The number of rotatable bonds is 3. The van der Waals surface area contributed by atoms with Gasteiger partial charge in [0.25, 0.3) is 0 Å². The summed E-state index contributed by atoms with van der Waals surface area (Å²) in [6.07, 6.45) is 9.07. The van der Waals surface area contributed by atoms with E-state index < -0.39 is 0 Å². The molecule has 6 nitrogen and oxygen atoms in total. The summed E-state index contributed by atoms with van der Waals surface area (Å²) < 4.78 is 2.26. The molecule has 0 radical (unpaired) electrons. The molecule has 2 aliphatic rings. The minimum Gasteiger partial charge on any atom is -0.336 e. The zero-order chi connectivity index (χ0) is 19.5. The van der Waals surface area contributed by atoms with Crippen LogP contribution in [0.4, 0.5) is 0 Å². The van der Waals surface area contributed by atoms with Gasteiger partial charge in [-0.2, -0.15) is 5.10 Å². The summed E-state index contributed by atoms with van der Waals surface area (Å²) in [5.41, 5.74) is 4.04. The van der Waals surface area contributed by atoms with E-state index >= 15 is 0 Å². The van der Waals surface area contributed by atoms with Gasteiger partial charge in [0.2, 0.25) is 5.91 Å². The molecule has 6 heteroatoms. The van der Waals surface area contributed by atoms with Gasteiger partial charge in [-0.15, -0.1) is 0 Å². The minimum absolute atomic E-state index is 0.305. The predicted molar refractivity (Wildman–Crippen MR) is 109 cm³/mol. The maximum absolute atomic E-state index is 12.9. The third-order valence-corrected chi connectivity index (χ3v) is 6.43. The van der Waals surface area contributed by atoms with E-state index in [-0.39, 0.29) is 5.41 Å². The number of nitrogens with one attached hydrogen (secondary N) is 1. The quantitative estimate of drug-likeness (QED) is 0.754. The second-order valence-corrected chi connectivity index (χ2v) is 9.34. The van der Waals surface area contributed by atoms with Crippen LogP contribution in [0.15, 0.2) is 36.9 Å². The summed E-state index contributed by atoms with van der Waals surface area (Å²) in [5, 5.41) is 6.89. The minimum atomic E-state index is -0.305. The van der Waals surface area contributed by atoms with Crippen molar-refractivity contribution < 1.29 is 4.79 Å². The Balaban J connectivity index is 1.38. The number of imidazole rings is 1. The smallest absolute Gasteiger partial charge is 0.228 e. The van der Waals surface area contributed by atoms with Crippen LogP contribution in [0.3, 0.4) is 0 Å². The van der Waals surface area contributed by atoms with Crippen LogP contribution in [0.25, 0.3) is 22.2 Å². The predicted octanol–water partition coefficient (Wildman–Crippen LogP) is 3.85. The van der Waals surface area contributed by atoms with Crippen LogP contribution >= 0.6 is 0 Å². The maximum Gasteiger partial charge on any atom is 0.228 e. The second kappa shape index (κ2) is 6.19. The molecule has 2 bridgehead atoms. The van der Waals surface area contributed by atoms with E-state index in [4.69, 9.17) is 0 Å². The van der Waals surface area contributed by atoms with Gasteiger partial charge in [0.15, 0.2) is 0 Å². The van der Waals surface area contributed by atoms with E-state index in [2.05, 4.69) is 42.8 Å². The van der Waals surface area contributed by atoms with E-state index in [1.807, 2.05) is 39.5 Å². The van der Waals surface area contributed by atoms with Gasteiger partial charge in [-0.3, -0.25) is 9.89 Å². The number of H-pyrrole nitrogens is 1. The third kappa shape index (κ3) is 2.74. The number of hydrogen-bond acceptors (Lipinski definition) is 3. The van der Waals surface area contributed by atoms with Crippen molar-refractivity contribution in [1.82, 2.24) is 24.6 Å². The number of carbonyl (C=O) groups excluding carboxylic acids is 1. The Kier molecular flexibility index (Phi) is 3.86. The summed E-state index contributed by atoms with van der Waals surface area (Å²) >= 11 is 0. The van der Waals surface area contributed by atoms with E-state index in [0.717, 1.165) is 48.0 Å². The molecule has 3 aromatic rings. The topological polar surface area (TPSA) is 66.8 Å². The molecule has 0 aliphatic carbocycles. The molecular weight excluding hydrogens is 350 g/mol. The van der Waals surface area contributed by atoms with Crippen LogP contribution in [0.5, 0.6) is 0 Å². The van der Waals surface area contributed by atoms with Crippen LogP contribution in [0.1, 0.15) is 40.0 Å². The lowest BCUT2D eigenvalue weighted by molar-refractivity contribution is -0.141. The first-order chi connectivity index (χ1) is 13.4. The van der Waals surface area contributed by atoms with Crippen LogP contribution < -0.4 is 0 Å². The molecule has 146 valence electrons. The first kappa shape index (κ1) is 17.5. The molecular formula is C22H27N5O. The lowest BCUT2D eigenvalue weighted by atomic mass is 9.89. The van der Waals surface area contributed by atoms with Gasteiger partial charge in [0.1, 0.15) is 0 Å². The molecule has 0 spiro atoms. The largest absolute Gasteiger partial charge is 0.336 e. The van der Waals surface area contributed by atoms with Crippen LogP contribution in [0, 0.1) is 11.3 Å². The highest BCUT2D eigenvalue weighted by Gasteiger charge is 2.50. The van der Waals surface area contributed by atoms with Crippen molar-refractivity contribution in [2.45, 2.75) is 58.7 Å². The average molecular weight is 377 g/mol. The molecule has 3 unspecified atom stereocenters. The Morgan fingerprint density at radius 1 is 1.25 bits per heavy atom. The van der Waals surface area contributed by atoms with Crippen molar-refractivity contribution >= 4 is 16.9 Å². The standard InChI is InChI=1S/C22H27N5O/c1-22(2,3)21(28)27-17-5-7-19(27)15(8-17)12-26-13-23-18-9-14(4-6-20(18)26)16-10-24-25-11-16/h4,6,9-11,13,15,17,19H,5,7-8,12H2,1-3H3,(H,24,25).